The zero-order valence-corrected chi connectivity index (χ0v) is 13.3. The van der Waals surface area contributed by atoms with E-state index in [1.807, 2.05) is 24.3 Å². The van der Waals surface area contributed by atoms with Crippen LogP contribution in [0, 0.1) is 6.92 Å². The summed E-state index contributed by atoms with van der Waals surface area (Å²) in [6.45, 7) is 1.89. The minimum Gasteiger partial charge on any atom is -0.497 e. The molecule has 0 aliphatic carbocycles. The maximum Gasteiger partial charge on any atom is 0.305 e. The molecule has 0 aliphatic rings. The predicted octanol–water partition coefficient (Wildman–Crippen LogP) is 1.94. The highest BCUT2D eigenvalue weighted by molar-refractivity contribution is 5.94. The van der Waals surface area contributed by atoms with Crippen molar-refractivity contribution in [2.24, 2.45) is 0 Å². The zero-order valence-electron chi connectivity index (χ0n) is 13.3. The average molecular weight is 317 g/mol. The van der Waals surface area contributed by atoms with Crippen LogP contribution in [0.15, 0.2) is 24.3 Å². The molecule has 2 aromatic rings. The van der Waals surface area contributed by atoms with Gasteiger partial charge in [0.15, 0.2) is 0 Å². The van der Waals surface area contributed by atoms with Crippen molar-refractivity contribution < 1.29 is 19.4 Å². The van der Waals surface area contributed by atoms with E-state index >= 15 is 0 Å². The Kier molecular flexibility index (Phi) is 5.00. The number of methoxy groups -OCH3 is 1. The molecule has 0 fully saturated rings. The van der Waals surface area contributed by atoms with Crippen LogP contribution in [0.1, 0.15) is 22.6 Å². The van der Waals surface area contributed by atoms with Gasteiger partial charge in [-0.3, -0.25) is 9.59 Å². The van der Waals surface area contributed by atoms with E-state index in [1.54, 1.807) is 21.1 Å². The number of imidazole rings is 1. The number of amides is 1. The average Bonchev–Trinajstić information content (AvgIpc) is 2.93. The molecule has 7 nitrogen and oxygen atoms in total. The summed E-state index contributed by atoms with van der Waals surface area (Å²) in [6.07, 6.45) is -0.103. The van der Waals surface area contributed by atoms with Crippen LogP contribution in [-0.2, 0) is 4.79 Å². The minimum atomic E-state index is -0.944. The van der Waals surface area contributed by atoms with E-state index < -0.39 is 5.97 Å². The number of carbonyl (C=O) groups excluding carboxylic acids is 1. The smallest absolute Gasteiger partial charge is 0.305 e. The lowest BCUT2D eigenvalue weighted by molar-refractivity contribution is -0.137. The van der Waals surface area contributed by atoms with Gasteiger partial charge in [-0.2, -0.15) is 0 Å². The quantitative estimate of drug-likeness (QED) is 0.849. The number of rotatable bonds is 6. The van der Waals surface area contributed by atoms with Gasteiger partial charge in [0.05, 0.1) is 13.5 Å². The van der Waals surface area contributed by atoms with Crippen molar-refractivity contribution >= 4 is 11.9 Å². The Morgan fingerprint density at radius 2 is 2.13 bits per heavy atom. The Balaban J connectivity index is 2.23. The van der Waals surface area contributed by atoms with E-state index in [9.17, 15) is 9.59 Å². The molecule has 1 heterocycles. The molecule has 0 atom stereocenters. The van der Waals surface area contributed by atoms with Gasteiger partial charge in [0.25, 0.3) is 5.91 Å². The Bertz CT molecular complexity index is 724. The van der Waals surface area contributed by atoms with E-state index in [1.165, 1.54) is 4.90 Å². The molecule has 0 saturated heterocycles. The summed E-state index contributed by atoms with van der Waals surface area (Å²) in [5.41, 5.74) is 1.73. The number of carboxylic acid groups (broad SMARTS) is 1. The number of carbonyl (C=O) groups is 2. The first-order valence-corrected chi connectivity index (χ1v) is 7.10. The maximum atomic E-state index is 12.4. The van der Waals surface area contributed by atoms with Crippen LogP contribution in [-0.4, -0.2) is 52.6 Å². The molecule has 1 amide bonds. The number of aryl methyl sites for hydroxylation is 1. The predicted molar refractivity (Wildman–Crippen MR) is 84.5 cm³/mol. The number of nitrogens with zero attached hydrogens (tertiary/aromatic N) is 2. The van der Waals surface area contributed by atoms with Crippen LogP contribution in [0.5, 0.6) is 5.75 Å². The highest BCUT2D eigenvalue weighted by Gasteiger charge is 2.20. The highest BCUT2D eigenvalue weighted by Crippen LogP contribution is 2.23. The van der Waals surface area contributed by atoms with Crippen molar-refractivity contribution in [2.45, 2.75) is 13.3 Å². The molecular weight excluding hydrogens is 298 g/mol. The molecule has 0 radical (unpaired) electrons. The molecule has 0 bridgehead atoms. The summed E-state index contributed by atoms with van der Waals surface area (Å²) in [7, 11) is 3.14. The Morgan fingerprint density at radius 1 is 1.39 bits per heavy atom. The molecule has 1 aromatic carbocycles. The lowest BCUT2D eigenvalue weighted by Gasteiger charge is -2.14. The molecule has 7 heteroatoms. The monoisotopic (exact) mass is 317 g/mol. The van der Waals surface area contributed by atoms with Crippen molar-refractivity contribution in [1.82, 2.24) is 14.9 Å². The first-order valence-electron chi connectivity index (χ1n) is 7.10. The van der Waals surface area contributed by atoms with Crippen LogP contribution < -0.4 is 4.74 Å². The molecule has 0 unspecified atom stereocenters. The lowest BCUT2D eigenvalue weighted by atomic mass is 10.2. The fourth-order valence-corrected chi connectivity index (χ4v) is 2.12. The van der Waals surface area contributed by atoms with Crippen molar-refractivity contribution in [3.05, 3.63) is 35.7 Å². The number of hydrogen-bond donors (Lipinski definition) is 2. The van der Waals surface area contributed by atoms with Gasteiger partial charge in [-0.1, -0.05) is 12.1 Å². The summed E-state index contributed by atoms with van der Waals surface area (Å²) < 4.78 is 5.18. The SMILES string of the molecule is COc1cccc(-c2nc(C(=O)N(C)CCC(=O)O)c(C)[nH]2)c1. The molecule has 122 valence electrons. The van der Waals surface area contributed by atoms with Crippen molar-refractivity contribution in [1.29, 1.82) is 0 Å². The fourth-order valence-electron chi connectivity index (χ4n) is 2.12. The van der Waals surface area contributed by atoms with E-state index in [4.69, 9.17) is 9.84 Å². The second kappa shape index (κ2) is 6.95. The van der Waals surface area contributed by atoms with Gasteiger partial charge in [-0.05, 0) is 19.1 Å². The molecule has 0 aliphatic heterocycles. The van der Waals surface area contributed by atoms with Gasteiger partial charge >= 0.3 is 5.97 Å². The molecule has 2 N–H and O–H groups in total. The molecular formula is C16H19N3O4. The van der Waals surface area contributed by atoms with Gasteiger partial charge in [-0.15, -0.1) is 0 Å². The molecule has 0 saturated carbocycles. The van der Waals surface area contributed by atoms with Gasteiger partial charge in [-0.25, -0.2) is 4.98 Å². The third-order valence-electron chi connectivity index (χ3n) is 3.44. The number of ether oxygens (including phenoxy) is 1. The van der Waals surface area contributed by atoms with Crippen LogP contribution >= 0.6 is 0 Å². The number of H-pyrrole nitrogens is 1. The number of carboxylic acids is 1. The summed E-state index contributed by atoms with van der Waals surface area (Å²) in [5, 5.41) is 8.70. The van der Waals surface area contributed by atoms with E-state index in [-0.39, 0.29) is 24.6 Å². The van der Waals surface area contributed by atoms with E-state index in [2.05, 4.69) is 9.97 Å². The standard InChI is InChI=1S/C16H19N3O4/c1-10-14(16(22)19(2)8-7-13(20)21)18-15(17-10)11-5-4-6-12(9-11)23-3/h4-6,9H,7-8H2,1-3H3,(H,17,18)(H,20,21). The second-order valence-electron chi connectivity index (χ2n) is 5.16. The van der Waals surface area contributed by atoms with Crippen LogP contribution in [0.3, 0.4) is 0 Å². The first-order chi connectivity index (χ1) is 10.9. The second-order valence-corrected chi connectivity index (χ2v) is 5.16. The van der Waals surface area contributed by atoms with Gasteiger partial charge in [0, 0.05) is 24.8 Å². The number of aromatic nitrogens is 2. The highest BCUT2D eigenvalue weighted by atomic mass is 16.5. The summed E-state index contributed by atoms with van der Waals surface area (Å²) in [5.74, 6) is 0.00834. The van der Waals surface area contributed by atoms with E-state index in [0.29, 0.717) is 17.3 Å². The van der Waals surface area contributed by atoms with Gasteiger partial charge < -0.3 is 19.7 Å². The largest absolute Gasteiger partial charge is 0.497 e. The Hall–Kier alpha value is -2.83. The zero-order chi connectivity index (χ0) is 17.0. The number of benzene rings is 1. The molecule has 2 rings (SSSR count). The normalized spacial score (nSPS) is 10.4. The first kappa shape index (κ1) is 16.5. The van der Waals surface area contributed by atoms with Crippen molar-refractivity contribution in [3.8, 4) is 17.1 Å². The summed E-state index contributed by atoms with van der Waals surface area (Å²) in [4.78, 5) is 31.8. The topological polar surface area (TPSA) is 95.5 Å². The third-order valence-corrected chi connectivity index (χ3v) is 3.44. The number of aliphatic carboxylic acids is 1. The fraction of sp³-hybridized carbons (Fsp3) is 0.312. The van der Waals surface area contributed by atoms with Crippen LogP contribution in [0.2, 0.25) is 0 Å². The van der Waals surface area contributed by atoms with Crippen LogP contribution in [0.25, 0.3) is 11.4 Å². The van der Waals surface area contributed by atoms with Gasteiger partial charge in [0.2, 0.25) is 0 Å². The number of nitrogens with one attached hydrogen (secondary N) is 1. The summed E-state index contributed by atoms with van der Waals surface area (Å²) in [6, 6.07) is 7.35. The lowest BCUT2D eigenvalue weighted by Crippen LogP contribution is -2.29. The third kappa shape index (κ3) is 3.88. The Morgan fingerprint density at radius 3 is 2.78 bits per heavy atom. The van der Waals surface area contributed by atoms with Gasteiger partial charge in [0.1, 0.15) is 17.3 Å². The molecule has 0 spiro atoms. The van der Waals surface area contributed by atoms with Crippen LogP contribution in [0.4, 0.5) is 0 Å². The minimum absolute atomic E-state index is 0.103. The Labute approximate surface area is 133 Å². The van der Waals surface area contributed by atoms with Crippen molar-refractivity contribution in [2.75, 3.05) is 20.7 Å². The maximum absolute atomic E-state index is 12.4. The number of aromatic amines is 1. The summed E-state index contributed by atoms with van der Waals surface area (Å²) >= 11 is 0. The number of hydrogen-bond acceptors (Lipinski definition) is 4. The van der Waals surface area contributed by atoms with E-state index in [0.717, 1.165) is 5.56 Å². The molecule has 1 aromatic heterocycles. The van der Waals surface area contributed by atoms with Crippen molar-refractivity contribution in [3.63, 3.8) is 0 Å². The molecule has 23 heavy (non-hydrogen) atoms.